The zero-order valence-electron chi connectivity index (χ0n) is 13.7. The van der Waals surface area contributed by atoms with Gasteiger partial charge in [-0.25, -0.2) is 4.79 Å². The average Bonchev–Trinajstić information content (AvgIpc) is 2.92. The second-order valence-corrected chi connectivity index (χ2v) is 6.14. The molecule has 0 unspecified atom stereocenters. The van der Waals surface area contributed by atoms with Gasteiger partial charge in [0, 0.05) is 12.6 Å². The molecule has 1 aromatic rings. The van der Waals surface area contributed by atoms with E-state index >= 15 is 0 Å². The third kappa shape index (κ3) is 4.62. The van der Waals surface area contributed by atoms with Crippen LogP contribution in [0.4, 0.5) is 10.6 Å². The van der Waals surface area contributed by atoms with Gasteiger partial charge in [0.05, 0.1) is 5.69 Å². The molecule has 0 aliphatic heterocycles. The Morgan fingerprint density at radius 3 is 3.00 bits per heavy atom. The Morgan fingerprint density at radius 2 is 2.26 bits per heavy atom. The van der Waals surface area contributed by atoms with Crippen LogP contribution < -0.4 is 16.4 Å². The van der Waals surface area contributed by atoms with Gasteiger partial charge in [-0.05, 0) is 31.6 Å². The summed E-state index contributed by atoms with van der Waals surface area (Å²) in [7, 11) is 0. The van der Waals surface area contributed by atoms with E-state index in [0.29, 0.717) is 30.5 Å². The topological polar surface area (TPSA) is 120 Å². The second kappa shape index (κ2) is 8.42. The van der Waals surface area contributed by atoms with E-state index in [2.05, 4.69) is 27.8 Å². The highest BCUT2D eigenvalue weighted by Gasteiger charge is 2.24. The largest absolute Gasteiger partial charge is 0.381 e. The first-order chi connectivity index (χ1) is 11.2. The molecule has 0 radical (unpaired) electrons. The summed E-state index contributed by atoms with van der Waals surface area (Å²) >= 11 is 0. The van der Waals surface area contributed by atoms with Crippen LogP contribution in [0.2, 0.25) is 0 Å². The number of nitrogen functional groups attached to an aromatic ring is 1. The zero-order valence-corrected chi connectivity index (χ0v) is 13.7. The van der Waals surface area contributed by atoms with Crippen LogP contribution in [-0.4, -0.2) is 28.8 Å². The molecule has 126 valence electrons. The maximum atomic E-state index is 12.0. The van der Waals surface area contributed by atoms with Gasteiger partial charge in [0.15, 0.2) is 5.82 Å². The SMILES string of the molecule is CC[C@H]1CCCC[C@@H]1NC(=O)NCCCc1[nH]nc(N)c1C#N. The molecule has 1 aliphatic rings. The first kappa shape index (κ1) is 17.1. The van der Waals surface area contributed by atoms with Crippen molar-refractivity contribution in [1.82, 2.24) is 20.8 Å². The smallest absolute Gasteiger partial charge is 0.315 e. The number of carbonyl (C=O) groups is 1. The molecule has 5 N–H and O–H groups in total. The van der Waals surface area contributed by atoms with Gasteiger partial charge < -0.3 is 16.4 Å². The summed E-state index contributed by atoms with van der Waals surface area (Å²) < 4.78 is 0. The van der Waals surface area contributed by atoms with Crippen LogP contribution in [0.3, 0.4) is 0 Å². The molecule has 2 amide bonds. The van der Waals surface area contributed by atoms with Gasteiger partial charge in [-0.2, -0.15) is 10.4 Å². The number of nitriles is 1. The van der Waals surface area contributed by atoms with Crippen LogP contribution in [0.5, 0.6) is 0 Å². The van der Waals surface area contributed by atoms with Gasteiger partial charge in [-0.1, -0.05) is 26.2 Å². The lowest BCUT2D eigenvalue weighted by Crippen LogP contribution is -2.46. The number of urea groups is 1. The number of nitrogens with two attached hydrogens (primary N) is 1. The maximum absolute atomic E-state index is 12.0. The predicted octanol–water partition coefficient (Wildman–Crippen LogP) is 2.06. The molecule has 0 spiro atoms. The number of rotatable bonds is 6. The molecule has 2 atom stereocenters. The number of aromatic amines is 1. The zero-order chi connectivity index (χ0) is 16.7. The second-order valence-electron chi connectivity index (χ2n) is 6.14. The van der Waals surface area contributed by atoms with E-state index in [0.717, 1.165) is 25.0 Å². The molecular formula is C16H26N6O. The Balaban J connectivity index is 1.69. The average molecular weight is 318 g/mol. The number of amides is 2. The summed E-state index contributed by atoms with van der Waals surface area (Å²) in [5.74, 6) is 0.830. The van der Waals surface area contributed by atoms with Crippen LogP contribution in [0, 0.1) is 17.2 Å². The van der Waals surface area contributed by atoms with Crippen LogP contribution in [-0.2, 0) is 6.42 Å². The monoisotopic (exact) mass is 318 g/mol. The number of aromatic nitrogens is 2. The highest BCUT2D eigenvalue weighted by atomic mass is 16.2. The molecule has 1 aliphatic carbocycles. The van der Waals surface area contributed by atoms with Crippen molar-refractivity contribution >= 4 is 11.8 Å². The van der Waals surface area contributed by atoms with E-state index in [1.165, 1.54) is 19.3 Å². The van der Waals surface area contributed by atoms with Crippen molar-refractivity contribution in [1.29, 1.82) is 5.26 Å². The molecule has 23 heavy (non-hydrogen) atoms. The van der Waals surface area contributed by atoms with Gasteiger partial charge in [0.2, 0.25) is 0 Å². The minimum Gasteiger partial charge on any atom is -0.381 e. The first-order valence-electron chi connectivity index (χ1n) is 8.42. The number of nitrogens with one attached hydrogen (secondary N) is 3. The molecule has 2 rings (SSSR count). The summed E-state index contributed by atoms with van der Waals surface area (Å²) in [5, 5.41) is 21.6. The van der Waals surface area contributed by atoms with Crippen molar-refractivity contribution in [2.75, 3.05) is 12.3 Å². The van der Waals surface area contributed by atoms with Crippen molar-refractivity contribution in [3.05, 3.63) is 11.3 Å². The Morgan fingerprint density at radius 1 is 1.48 bits per heavy atom. The van der Waals surface area contributed by atoms with Gasteiger partial charge in [-0.3, -0.25) is 5.10 Å². The van der Waals surface area contributed by atoms with Crippen molar-refractivity contribution in [2.45, 2.75) is 57.9 Å². The molecule has 0 saturated heterocycles. The molecule has 0 aromatic carbocycles. The molecule has 1 aromatic heterocycles. The number of carbonyl (C=O) groups excluding carboxylic acids is 1. The number of H-pyrrole nitrogens is 1. The minimum atomic E-state index is -0.0972. The van der Waals surface area contributed by atoms with E-state index in [9.17, 15) is 4.79 Å². The molecule has 1 fully saturated rings. The standard InChI is InChI=1S/C16H26N6O/c1-2-11-6-3-4-7-13(11)20-16(23)19-9-5-8-14-12(10-17)15(18)22-21-14/h11,13H,2-9H2,1H3,(H3,18,21,22)(H2,19,20,23)/t11-,13-/m0/s1. The van der Waals surface area contributed by atoms with Crippen LogP contribution >= 0.6 is 0 Å². The van der Waals surface area contributed by atoms with E-state index in [1.54, 1.807) is 0 Å². The Kier molecular flexibility index (Phi) is 6.27. The number of hydrogen-bond donors (Lipinski definition) is 4. The third-order valence-electron chi connectivity index (χ3n) is 4.62. The molecular weight excluding hydrogens is 292 g/mol. The van der Waals surface area contributed by atoms with Crippen molar-refractivity contribution < 1.29 is 4.79 Å². The lowest BCUT2D eigenvalue weighted by molar-refractivity contribution is 0.216. The van der Waals surface area contributed by atoms with E-state index < -0.39 is 0 Å². The highest BCUT2D eigenvalue weighted by Crippen LogP contribution is 2.26. The Labute approximate surface area is 137 Å². The molecule has 0 bridgehead atoms. The quantitative estimate of drug-likeness (QED) is 0.600. The number of hydrogen-bond acceptors (Lipinski definition) is 4. The van der Waals surface area contributed by atoms with Crippen LogP contribution in [0.15, 0.2) is 0 Å². The van der Waals surface area contributed by atoms with Crippen molar-refractivity contribution in [2.24, 2.45) is 5.92 Å². The number of nitrogens with zero attached hydrogens (tertiary/aromatic N) is 2. The Bertz CT molecular complexity index is 561. The molecule has 7 nitrogen and oxygen atoms in total. The fraction of sp³-hybridized carbons (Fsp3) is 0.688. The fourth-order valence-corrected chi connectivity index (χ4v) is 3.27. The number of anilines is 1. The summed E-state index contributed by atoms with van der Waals surface area (Å²) in [6.45, 7) is 2.74. The lowest BCUT2D eigenvalue weighted by atomic mass is 9.83. The Hall–Kier alpha value is -2.23. The van der Waals surface area contributed by atoms with Crippen LogP contribution in [0.1, 0.15) is 56.7 Å². The summed E-state index contributed by atoms with van der Waals surface area (Å²) in [6, 6.07) is 2.24. The van der Waals surface area contributed by atoms with Gasteiger partial charge >= 0.3 is 6.03 Å². The summed E-state index contributed by atoms with van der Waals surface area (Å²) in [5.41, 5.74) is 6.72. The summed E-state index contributed by atoms with van der Waals surface area (Å²) in [6.07, 6.45) is 7.22. The minimum absolute atomic E-state index is 0.0972. The van der Waals surface area contributed by atoms with Crippen molar-refractivity contribution in [3.63, 3.8) is 0 Å². The predicted molar refractivity (Wildman–Crippen MR) is 88.6 cm³/mol. The fourth-order valence-electron chi connectivity index (χ4n) is 3.27. The first-order valence-corrected chi connectivity index (χ1v) is 8.42. The normalized spacial score (nSPS) is 20.7. The molecule has 7 heteroatoms. The lowest BCUT2D eigenvalue weighted by Gasteiger charge is -2.31. The maximum Gasteiger partial charge on any atom is 0.315 e. The van der Waals surface area contributed by atoms with Gasteiger partial charge in [0.1, 0.15) is 11.6 Å². The van der Waals surface area contributed by atoms with Crippen molar-refractivity contribution in [3.8, 4) is 6.07 Å². The van der Waals surface area contributed by atoms with E-state index in [-0.39, 0.29) is 11.8 Å². The third-order valence-corrected chi connectivity index (χ3v) is 4.62. The molecule has 1 saturated carbocycles. The van der Waals surface area contributed by atoms with E-state index in [1.807, 2.05) is 6.07 Å². The summed E-state index contributed by atoms with van der Waals surface area (Å²) in [4.78, 5) is 12.0. The number of aryl methyl sites for hydroxylation is 1. The van der Waals surface area contributed by atoms with E-state index in [4.69, 9.17) is 11.0 Å². The highest BCUT2D eigenvalue weighted by molar-refractivity contribution is 5.74. The van der Waals surface area contributed by atoms with Crippen LogP contribution in [0.25, 0.3) is 0 Å². The van der Waals surface area contributed by atoms with Gasteiger partial charge in [-0.15, -0.1) is 0 Å². The molecule has 1 heterocycles. The van der Waals surface area contributed by atoms with Gasteiger partial charge in [0.25, 0.3) is 0 Å².